The molecule has 0 aliphatic carbocycles. The predicted octanol–water partition coefficient (Wildman–Crippen LogP) is 2.96. The molecule has 1 N–H and O–H groups in total. The zero-order chi connectivity index (χ0) is 14.7. The average Bonchev–Trinajstić information content (AvgIpc) is 2.85. The molecule has 20 heavy (non-hydrogen) atoms. The maximum atomic E-state index is 13.2. The monoisotopic (exact) mass is 280 g/mol. The van der Waals surface area contributed by atoms with Crippen LogP contribution < -0.4 is 4.74 Å². The molecule has 0 amide bonds. The van der Waals surface area contributed by atoms with Crippen molar-refractivity contribution >= 4 is 0 Å². The van der Waals surface area contributed by atoms with Crippen molar-refractivity contribution in [1.82, 2.24) is 10.1 Å². The van der Waals surface area contributed by atoms with Gasteiger partial charge in [0.15, 0.2) is 12.4 Å². The van der Waals surface area contributed by atoms with E-state index in [9.17, 15) is 9.50 Å². The maximum absolute atomic E-state index is 13.2. The summed E-state index contributed by atoms with van der Waals surface area (Å²) >= 11 is 0. The molecule has 0 spiro atoms. The van der Waals surface area contributed by atoms with Gasteiger partial charge in [0.25, 0.3) is 5.89 Å². The van der Waals surface area contributed by atoms with Crippen LogP contribution in [0, 0.1) is 5.82 Å². The van der Waals surface area contributed by atoms with Crippen LogP contribution in [0.15, 0.2) is 22.7 Å². The van der Waals surface area contributed by atoms with Crippen LogP contribution in [0.4, 0.5) is 4.39 Å². The van der Waals surface area contributed by atoms with Gasteiger partial charge in [0, 0.05) is 17.5 Å². The molecule has 2 aromatic rings. The van der Waals surface area contributed by atoms with Gasteiger partial charge in [-0.25, -0.2) is 4.39 Å². The lowest BCUT2D eigenvalue weighted by Crippen LogP contribution is -2.02. The number of hydrogen-bond donors (Lipinski definition) is 1. The summed E-state index contributed by atoms with van der Waals surface area (Å²) in [5, 5.41) is 13.4. The number of aromatic nitrogens is 2. The number of rotatable bonds is 5. The number of halogens is 1. The van der Waals surface area contributed by atoms with Crippen molar-refractivity contribution in [2.24, 2.45) is 0 Å². The first-order valence-electron chi connectivity index (χ1n) is 6.40. The highest BCUT2D eigenvalue weighted by Crippen LogP contribution is 2.26. The molecule has 1 aromatic heterocycles. The summed E-state index contributed by atoms with van der Waals surface area (Å²) in [6.45, 7) is 5.52. The predicted molar refractivity (Wildman–Crippen MR) is 69.8 cm³/mol. The third-order valence-electron chi connectivity index (χ3n) is 2.78. The summed E-state index contributed by atoms with van der Waals surface area (Å²) in [6, 6.07) is 3.99. The van der Waals surface area contributed by atoms with E-state index >= 15 is 0 Å². The molecule has 1 heterocycles. The van der Waals surface area contributed by atoms with Crippen molar-refractivity contribution in [2.45, 2.75) is 39.4 Å². The summed E-state index contributed by atoms with van der Waals surface area (Å²) in [6.07, 6.45) is -0.750. The number of aliphatic hydroxyl groups is 1. The van der Waals surface area contributed by atoms with Gasteiger partial charge in [-0.2, -0.15) is 4.98 Å². The summed E-state index contributed by atoms with van der Waals surface area (Å²) in [5.41, 5.74) is 0.509. The molecule has 0 radical (unpaired) electrons. The van der Waals surface area contributed by atoms with Gasteiger partial charge >= 0.3 is 0 Å². The van der Waals surface area contributed by atoms with Crippen molar-refractivity contribution in [3.8, 4) is 5.75 Å². The molecule has 2 rings (SSSR count). The smallest absolute Gasteiger partial charge is 0.264 e. The van der Waals surface area contributed by atoms with Crippen LogP contribution in [0.5, 0.6) is 5.75 Å². The minimum Gasteiger partial charge on any atom is -0.483 e. The Morgan fingerprint density at radius 3 is 2.70 bits per heavy atom. The Hall–Kier alpha value is -1.95. The third kappa shape index (κ3) is 3.33. The fourth-order valence-corrected chi connectivity index (χ4v) is 1.68. The van der Waals surface area contributed by atoms with Crippen LogP contribution >= 0.6 is 0 Å². The van der Waals surface area contributed by atoms with Crippen LogP contribution in [0.3, 0.4) is 0 Å². The van der Waals surface area contributed by atoms with Gasteiger partial charge in [-0.1, -0.05) is 19.0 Å². The zero-order valence-electron chi connectivity index (χ0n) is 11.6. The molecule has 5 nitrogen and oxygen atoms in total. The topological polar surface area (TPSA) is 68.4 Å². The third-order valence-corrected chi connectivity index (χ3v) is 2.78. The van der Waals surface area contributed by atoms with Crippen LogP contribution in [-0.4, -0.2) is 15.2 Å². The highest BCUT2D eigenvalue weighted by atomic mass is 19.1. The summed E-state index contributed by atoms with van der Waals surface area (Å²) < 4.78 is 23.7. The van der Waals surface area contributed by atoms with Crippen LogP contribution in [0.25, 0.3) is 0 Å². The molecule has 0 bridgehead atoms. The molecule has 6 heteroatoms. The van der Waals surface area contributed by atoms with Crippen LogP contribution in [-0.2, 0) is 6.61 Å². The van der Waals surface area contributed by atoms with Crippen molar-refractivity contribution in [1.29, 1.82) is 0 Å². The van der Waals surface area contributed by atoms with Gasteiger partial charge in [0.1, 0.15) is 11.6 Å². The number of hydrogen-bond acceptors (Lipinski definition) is 5. The Kier molecular flexibility index (Phi) is 4.34. The van der Waals surface area contributed by atoms with Gasteiger partial charge in [-0.3, -0.25) is 0 Å². The normalized spacial score (nSPS) is 12.7. The van der Waals surface area contributed by atoms with E-state index in [0.29, 0.717) is 17.3 Å². The molecule has 0 aliphatic heterocycles. The molecule has 0 fully saturated rings. The summed E-state index contributed by atoms with van der Waals surface area (Å²) in [7, 11) is 0. The van der Waals surface area contributed by atoms with E-state index in [-0.39, 0.29) is 18.3 Å². The fourth-order valence-electron chi connectivity index (χ4n) is 1.68. The Morgan fingerprint density at radius 2 is 2.10 bits per heavy atom. The van der Waals surface area contributed by atoms with Gasteiger partial charge < -0.3 is 14.4 Å². The van der Waals surface area contributed by atoms with Crippen molar-refractivity contribution in [3.05, 3.63) is 41.3 Å². The lowest BCUT2D eigenvalue weighted by Gasteiger charge is -2.12. The molecular formula is C14H17FN2O3. The molecule has 1 atom stereocenters. The van der Waals surface area contributed by atoms with Gasteiger partial charge in [0.2, 0.25) is 0 Å². The first-order chi connectivity index (χ1) is 9.47. The number of ether oxygens (including phenoxy) is 1. The zero-order valence-corrected chi connectivity index (χ0v) is 11.6. The molecule has 0 saturated heterocycles. The van der Waals surface area contributed by atoms with E-state index in [4.69, 9.17) is 9.26 Å². The molecule has 0 aliphatic rings. The molecule has 0 unspecified atom stereocenters. The maximum Gasteiger partial charge on any atom is 0.264 e. The second kappa shape index (κ2) is 6.00. The first-order valence-corrected chi connectivity index (χ1v) is 6.40. The Bertz CT molecular complexity index is 582. The van der Waals surface area contributed by atoms with Gasteiger partial charge in [0.05, 0.1) is 6.10 Å². The van der Waals surface area contributed by atoms with E-state index in [2.05, 4.69) is 10.1 Å². The lowest BCUT2D eigenvalue weighted by molar-refractivity contribution is 0.185. The molecule has 108 valence electrons. The standard InChI is InChI=1S/C14H17FN2O3/c1-8(2)14-16-13(20-17-14)7-19-12-6-10(15)4-5-11(12)9(3)18/h4-6,8-9,18H,7H2,1-3H3/t9-/m0/s1. The number of aliphatic hydroxyl groups excluding tert-OH is 1. The molecular weight excluding hydrogens is 263 g/mol. The van der Waals surface area contributed by atoms with Crippen LogP contribution in [0.2, 0.25) is 0 Å². The highest BCUT2D eigenvalue weighted by Gasteiger charge is 2.13. The minimum absolute atomic E-state index is 0.0306. The van der Waals surface area contributed by atoms with Crippen molar-refractivity contribution in [3.63, 3.8) is 0 Å². The number of benzene rings is 1. The SMILES string of the molecule is CC(C)c1noc(COc2cc(F)ccc2[C@H](C)O)n1. The van der Waals surface area contributed by atoms with E-state index in [1.807, 2.05) is 13.8 Å². The van der Waals surface area contributed by atoms with E-state index < -0.39 is 11.9 Å². The van der Waals surface area contributed by atoms with E-state index in [1.54, 1.807) is 6.92 Å². The second-order valence-corrected chi connectivity index (χ2v) is 4.85. The van der Waals surface area contributed by atoms with E-state index in [1.165, 1.54) is 18.2 Å². The summed E-state index contributed by atoms with van der Waals surface area (Å²) in [4.78, 5) is 4.16. The van der Waals surface area contributed by atoms with E-state index in [0.717, 1.165) is 0 Å². The quantitative estimate of drug-likeness (QED) is 0.912. The van der Waals surface area contributed by atoms with Crippen LogP contribution in [0.1, 0.15) is 50.1 Å². The Balaban J connectivity index is 2.11. The van der Waals surface area contributed by atoms with Gasteiger partial charge in [-0.15, -0.1) is 0 Å². The molecule has 0 saturated carbocycles. The average molecular weight is 280 g/mol. The second-order valence-electron chi connectivity index (χ2n) is 4.85. The fraction of sp³-hybridized carbons (Fsp3) is 0.429. The Labute approximate surface area is 116 Å². The van der Waals surface area contributed by atoms with Gasteiger partial charge in [-0.05, 0) is 19.1 Å². The van der Waals surface area contributed by atoms with Crippen molar-refractivity contribution < 1.29 is 18.8 Å². The minimum atomic E-state index is -0.750. The summed E-state index contributed by atoms with van der Waals surface area (Å²) in [5.74, 6) is 0.907. The first kappa shape index (κ1) is 14.5. The van der Waals surface area contributed by atoms with Crippen molar-refractivity contribution in [2.75, 3.05) is 0 Å². The Morgan fingerprint density at radius 1 is 1.35 bits per heavy atom. The number of nitrogens with zero attached hydrogens (tertiary/aromatic N) is 2. The molecule has 1 aromatic carbocycles. The lowest BCUT2D eigenvalue weighted by atomic mass is 10.1. The highest BCUT2D eigenvalue weighted by molar-refractivity contribution is 5.35. The largest absolute Gasteiger partial charge is 0.483 e.